The van der Waals surface area contributed by atoms with E-state index in [1.807, 2.05) is 12.1 Å². The molecule has 1 aromatic carbocycles. The summed E-state index contributed by atoms with van der Waals surface area (Å²) in [5, 5.41) is 0.345. The lowest BCUT2D eigenvalue weighted by atomic mass is 9.95. The van der Waals surface area contributed by atoms with E-state index in [4.69, 9.17) is 17.3 Å². The fourth-order valence-corrected chi connectivity index (χ4v) is 4.96. The van der Waals surface area contributed by atoms with Crippen molar-refractivity contribution in [2.75, 3.05) is 32.4 Å². The third-order valence-corrected chi connectivity index (χ3v) is 7.32. The summed E-state index contributed by atoms with van der Waals surface area (Å²) in [6.45, 7) is 2.10. The fraction of sp³-hybridized carbons (Fsp3) is 0.381. The Hall–Kier alpha value is -2.65. The highest BCUT2D eigenvalue weighted by Gasteiger charge is 2.38. The van der Waals surface area contributed by atoms with Crippen LogP contribution in [0.3, 0.4) is 0 Å². The Balaban J connectivity index is 1.38. The van der Waals surface area contributed by atoms with Crippen molar-refractivity contribution in [3.63, 3.8) is 0 Å². The minimum absolute atomic E-state index is 0.0608. The van der Waals surface area contributed by atoms with Gasteiger partial charge in [-0.3, -0.25) is 9.78 Å². The maximum atomic E-state index is 12.6. The lowest BCUT2D eigenvalue weighted by Crippen LogP contribution is -2.53. The zero-order valence-corrected chi connectivity index (χ0v) is 18.6. The largest absolute Gasteiger partial charge is 0.369 e. The van der Waals surface area contributed by atoms with Gasteiger partial charge in [0.15, 0.2) is 9.84 Å². The molecule has 0 saturated carbocycles. The predicted octanol–water partition coefficient (Wildman–Crippen LogP) is 2.13. The quantitative estimate of drug-likeness (QED) is 0.747. The van der Waals surface area contributed by atoms with Crippen LogP contribution in [0.15, 0.2) is 41.4 Å². The van der Waals surface area contributed by atoms with Crippen LogP contribution in [0.2, 0.25) is 5.02 Å². The molecular formula is C21H23ClN4O4S. The molecule has 4 rings (SSSR count). The van der Waals surface area contributed by atoms with Crippen molar-refractivity contribution < 1.29 is 18.0 Å². The monoisotopic (exact) mass is 462 g/mol. The molecule has 3 amide bonds. The Kier molecular flexibility index (Phi) is 5.65. The first-order chi connectivity index (χ1) is 14.6. The Morgan fingerprint density at radius 1 is 1.13 bits per heavy atom. The van der Waals surface area contributed by atoms with Crippen molar-refractivity contribution in [3.05, 3.63) is 47.2 Å². The number of likely N-dealkylation sites (tertiary alicyclic amines) is 2. The Bertz CT molecular complexity index is 1130. The summed E-state index contributed by atoms with van der Waals surface area (Å²) >= 11 is 6.29. The molecule has 1 aromatic heterocycles. The van der Waals surface area contributed by atoms with E-state index < -0.39 is 9.84 Å². The van der Waals surface area contributed by atoms with Gasteiger partial charge in [0.05, 0.1) is 10.8 Å². The molecule has 3 heterocycles. The van der Waals surface area contributed by atoms with Crippen LogP contribution < -0.4 is 5.73 Å². The van der Waals surface area contributed by atoms with E-state index >= 15 is 0 Å². The van der Waals surface area contributed by atoms with Crippen LogP contribution in [-0.2, 0) is 14.6 Å². The molecule has 8 nitrogen and oxygen atoms in total. The highest BCUT2D eigenvalue weighted by Crippen LogP contribution is 2.32. The van der Waals surface area contributed by atoms with Crippen LogP contribution in [-0.4, -0.2) is 67.6 Å². The molecule has 1 atom stereocenters. The Morgan fingerprint density at radius 2 is 1.87 bits per heavy atom. The number of carbonyl (C=O) groups is 2. The maximum absolute atomic E-state index is 12.6. The van der Waals surface area contributed by atoms with Crippen molar-refractivity contribution >= 4 is 33.4 Å². The normalized spacial score (nSPS) is 19.4. The van der Waals surface area contributed by atoms with Crippen molar-refractivity contribution in [1.82, 2.24) is 14.8 Å². The first-order valence-electron chi connectivity index (χ1n) is 9.92. The number of aromatic nitrogens is 1. The van der Waals surface area contributed by atoms with Gasteiger partial charge in [-0.15, -0.1) is 0 Å². The molecule has 0 unspecified atom stereocenters. The first kappa shape index (κ1) is 21.6. The van der Waals surface area contributed by atoms with Crippen LogP contribution in [0, 0.1) is 5.92 Å². The van der Waals surface area contributed by atoms with Crippen molar-refractivity contribution in [3.8, 4) is 11.1 Å². The second kappa shape index (κ2) is 8.12. The highest BCUT2D eigenvalue weighted by atomic mass is 35.5. The molecule has 2 aliphatic rings. The molecule has 2 fully saturated rings. The van der Waals surface area contributed by atoms with E-state index in [0.29, 0.717) is 43.2 Å². The van der Waals surface area contributed by atoms with Gasteiger partial charge >= 0.3 is 6.03 Å². The standard InChI is InChI=1S/C21H23ClN4O4S/c1-31(29,30)16-3-4-17(18(22)8-16)13-2-5-19(24-9-13)15-11-26(12-15)21(28)25-7-6-14(10-25)20(23)27/h2-5,8-9,14-15H,6-7,10-12H2,1H3,(H2,23,27)/t14-/m0/s1. The number of carbonyl (C=O) groups excluding carboxylic acids is 2. The van der Waals surface area contributed by atoms with Crippen molar-refractivity contribution in [1.29, 1.82) is 0 Å². The number of rotatable bonds is 4. The number of urea groups is 1. The number of nitrogens with two attached hydrogens (primary N) is 1. The number of sulfone groups is 1. The van der Waals surface area contributed by atoms with E-state index in [9.17, 15) is 18.0 Å². The van der Waals surface area contributed by atoms with Crippen molar-refractivity contribution in [2.24, 2.45) is 11.7 Å². The molecule has 0 radical (unpaired) electrons. The molecule has 2 saturated heterocycles. The van der Waals surface area contributed by atoms with Gasteiger partial charge < -0.3 is 15.5 Å². The van der Waals surface area contributed by atoms with Gasteiger partial charge in [0.25, 0.3) is 0 Å². The summed E-state index contributed by atoms with van der Waals surface area (Å²) in [5.41, 5.74) is 7.71. The summed E-state index contributed by atoms with van der Waals surface area (Å²) in [6, 6.07) is 8.38. The zero-order valence-electron chi connectivity index (χ0n) is 17.0. The van der Waals surface area contributed by atoms with Gasteiger partial charge in [-0.1, -0.05) is 23.7 Å². The zero-order chi connectivity index (χ0) is 22.3. The lowest BCUT2D eigenvalue weighted by molar-refractivity contribution is -0.121. The molecule has 2 aliphatic heterocycles. The summed E-state index contributed by atoms with van der Waals surface area (Å²) in [4.78, 5) is 32.0. The first-order valence-corrected chi connectivity index (χ1v) is 12.2. The molecule has 2 N–H and O–H groups in total. The molecule has 2 aromatic rings. The molecular weight excluding hydrogens is 440 g/mol. The number of amides is 3. The van der Waals surface area contributed by atoms with E-state index in [1.54, 1.807) is 22.1 Å². The number of primary amides is 1. The Morgan fingerprint density at radius 3 is 2.42 bits per heavy atom. The van der Waals surface area contributed by atoms with Crippen LogP contribution >= 0.6 is 11.6 Å². The average molecular weight is 463 g/mol. The van der Waals surface area contributed by atoms with Crippen molar-refractivity contribution in [2.45, 2.75) is 17.2 Å². The maximum Gasteiger partial charge on any atom is 0.320 e. The van der Waals surface area contributed by atoms with Gasteiger partial charge in [0, 0.05) is 66.4 Å². The molecule has 31 heavy (non-hydrogen) atoms. The van der Waals surface area contributed by atoms with E-state index in [1.165, 1.54) is 12.1 Å². The van der Waals surface area contributed by atoms with Gasteiger partial charge in [-0.2, -0.15) is 0 Å². The summed E-state index contributed by atoms with van der Waals surface area (Å²) in [7, 11) is -3.32. The van der Waals surface area contributed by atoms with Gasteiger partial charge in [-0.05, 0) is 24.6 Å². The lowest BCUT2D eigenvalue weighted by Gasteiger charge is -2.40. The number of hydrogen-bond donors (Lipinski definition) is 1. The van der Waals surface area contributed by atoms with Crippen LogP contribution in [0.4, 0.5) is 4.79 Å². The average Bonchev–Trinajstić information content (AvgIpc) is 3.17. The minimum atomic E-state index is -3.32. The predicted molar refractivity (Wildman–Crippen MR) is 116 cm³/mol. The number of hydrogen-bond acceptors (Lipinski definition) is 5. The van der Waals surface area contributed by atoms with Crippen LogP contribution in [0.1, 0.15) is 18.0 Å². The number of nitrogens with zero attached hydrogens (tertiary/aromatic N) is 3. The van der Waals surface area contributed by atoms with E-state index in [0.717, 1.165) is 17.5 Å². The molecule has 0 bridgehead atoms. The summed E-state index contributed by atoms with van der Waals surface area (Å²) in [5.74, 6) is -0.462. The van der Waals surface area contributed by atoms with Gasteiger partial charge in [0.2, 0.25) is 5.91 Å². The van der Waals surface area contributed by atoms with E-state index in [2.05, 4.69) is 4.98 Å². The van der Waals surface area contributed by atoms with Gasteiger partial charge in [-0.25, -0.2) is 13.2 Å². The second-order valence-corrected chi connectivity index (χ2v) is 10.5. The smallest absolute Gasteiger partial charge is 0.320 e. The summed E-state index contributed by atoms with van der Waals surface area (Å²) in [6.07, 6.45) is 3.47. The minimum Gasteiger partial charge on any atom is -0.369 e. The topological polar surface area (TPSA) is 114 Å². The third-order valence-electron chi connectivity index (χ3n) is 5.90. The third kappa shape index (κ3) is 4.38. The summed E-state index contributed by atoms with van der Waals surface area (Å²) < 4.78 is 23.3. The number of pyridine rings is 1. The van der Waals surface area contributed by atoms with Gasteiger partial charge in [0.1, 0.15) is 0 Å². The Labute approximate surface area is 185 Å². The highest BCUT2D eigenvalue weighted by molar-refractivity contribution is 7.90. The fourth-order valence-electron chi connectivity index (χ4n) is 3.95. The number of benzene rings is 1. The molecule has 0 aliphatic carbocycles. The molecule has 0 spiro atoms. The SMILES string of the molecule is CS(=O)(=O)c1ccc(-c2ccc(C3CN(C(=O)N4CC[C@H](C(N)=O)C4)C3)nc2)c(Cl)c1. The molecule has 164 valence electrons. The van der Waals surface area contributed by atoms with E-state index in [-0.39, 0.29) is 28.7 Å². The van der Waals surface area contributed by atoms with Crippen LogP contribution in [0.5, 0.6) is 0 Å². The van der Waals surface area contributed by atoms with Crippen LogP contribution in [0.25, 0.3) is 11.1 Å². The second-order valence-electron chi connectivity index (χ2n) is 8.10. The number of halogens is 1. The molecule has 10 heteroatoms.